The molecule has 158 valence electrons. The number of nitrogens with zero attached hydrogens (tertiary/aromatic N) is 3. The zero-order valence-corrected chi connectivity index (χ0v) is 18.1. The summed E-state index contributed by atoms with van der Waals surface area (Å²) in [5.41, 5.74) is 0. The van der Waals surface area contributed by atoms with Gasteiger partial charge in [-0.2, -0.15) is 0 Å². The summed E-state index contributed by atoms with van der Waals surface area (Å²) in [7, 11) is 0. The predicted octanol–water partition coefficient (Wildman–Crippen LogP) is 5.22. The number of carbonyl (C=O) groups is 1. The van der Waals surface area contributed by atoms with E-state index in [1.54, 1.807) is 6.26 Å². The van der Waals surface area contributed by atoms with Crippen LogP contribution >= 0.6 is 11.8 Å². The smallest absolute Gasteiger partial charge is 0.233 e. The molecule has 2 aromatic heterocycles. The minimum atomic E-state index is -0.199. The highest BCUT2D eigenvalue weighted by Gasteiger charge is 2.27. The average Bonchev–Trinajstić information content (AvgIpc) is 3.43. The standard InChI is InChI=1S/C22H32N4O2S/c1-16(21(27)23-15-17-9-4-2-5-10-17)29-22-25-24-20(19-13-8-14-28-19)26(22)18-11-6-3-7-12-18/h8,13-14,16-18H,2-7,9-12,15H2,1H3,(H,23,27). The minimum Gasteiger partial charge on any atom is -0.461 e. The highest BCUT2D eigenvalue weighted by atomic mass is 32.2. The zero-order chi connectivity index (χ0) is 20.1. The zero-order valence-electron chi connectivity index (χ0n) is 17.3. The second kappa shape index (κ2) is 9.83. The molecule has 2 heterocycles. The maximum absolute atomic E-state index is 12.7. The normalized spacial score (nSPS) is 19.9. The van der Waals surface area contributed by atoms with Gasteiger partial charge in [0, 0.05) is 12.6 Å². The van der Waals surface area contributed by atoms with Crippen LogP contribution in [0.25, 0.3) is 11.6 Å². The summed E-state index contributed by atoms with van der Waals surface area (Å²) in [6.45, 7) is 2.77. The molecular formula is C22H32N4O2S. The Labute approximate surface area is 177 Å². The molecule has 0 aromatic carbocycles. The van der Waals surface area contributed by atoms with Gasteiger partial charge in [-0.25, -0.2) is 0 Å². The molecule has 0 bridgehead atoms. The minimum absolute atomic E-state index is 0.0957. The van der Waals surface area contributed by atoms with Gasteiger partial charge in [0.05, 0.1) is 11.5 Å². The molecule has 4 rings (SSSR count). The summed E-state index contributed by atoms with van der Waals surface area (Å²) >= 11 is 1.51. The molecule has 2 fully saturated rings. The van der Waals surface area contributed by atoms with Gasteiger partial charge in [0.15, 0.2) is 10.9 Å². The number of aromatic nitrogens is 3. The molecule has 6 nitrogen and oxygen atoms in total. The highest BCUT2D eigenvalue weighted by molar-refractivity contribution is 8.00. The van der Waals surface area contributed by atoms with Crippen molar-refractivity contribution in [3.8, 4) is 11.6 Å². The SMILES string of the molecule is CC(Sc1nnc(-c2ccco2)n1C1CCCCC1)C(=O)NCC1CCCCC1. The first kappa shape index (κ1) is 20.5. The van der Waals surface area contributed by atoms with Crippen LogP contribution in [0.5, 0.6) is 0 Å². The lowest BCUT2D eigenvalue weighted by atomic mass is 9.89. The number of nitrogens with one attached hydrogen (secondary N) is 1. The van der Waals surface area contributed by atoms with Gasteiger partial charge < -0.3 is 9.73 Å². The number of hydrogen-bond donors (Lipinski definition) is 1. The van der Waals surface area contributed by atoms with Crippen LogP contribution in [0.3, 0.4) is 0 Å². The third-order valence-electron chi connectivity index (χ3n) is 6.29. The van der Waals surface area contributed by atoms with Gasteiger partial charge in [-0.05, 0) is 50.7 Å². The van der Waals surface area contributed by atoms with Crippen molar-refractivity contribution in [1.29, 1.82) is 0 Å². The number of carbonyl (C=O) groups excluding carboxylic acids is 1. The van der Waals surface area contributed by atoms with E-state index in [-0.39, 0.29) is 11.2 Å². The molecule has 1 N–H and O–H groups in total. The summed E-state index contributed by atoms with van der Waals surface area (Å²) in [6, 6.07) is 4.18. The molecule has 2 saturated carbocycles. The Morgan fingerprint density at radius 3 is 2.59 bits per heavy atom. The monoisotopic (exact) mass is 416 g/mol. The molecule has 1 amide bonds. The molecule has 2 aliphatic rings. The van der Waals surface area contributed by atoms with E-state index in [1.807, 2.05) is 19.1 Å². The Hall–Kier alpha value is -1.76. The molecule has 0 radical (unpaired) electrons. The van der Waals surface area contributed by atoms with Gasteiger partial charge in [-0.1, -0.05) is 50.3 Å². The molecule has 0 aliphatic heterocycles. The van der Waals surface area contributed by atoms with E-state index < -0.39 is 0 Å². The maximum Gasteiger partial charge on any atom is 0.233 e. The Morgan fingerprint density at radius 1 is 1.17 bits per heavy atom. The second-order valence-corrected chi connectivity index (χ2v) is 9.76. The first-order valence-corrected chi connectivity index (χ1v) is 12.0. The van der Waals surface area contributed by atoms with Crippen LogP contribution in [0.1, 0.15) is 77.2 Å². The summed E-state index contributed by atoms with van der Waals surface area (Å²) in [5.74, 6) is 2.25. The van der Waals surface area contributed by atoms with Gasteiger partial charge in [-0.15, -0.1) is 10.2 Å². The van der Waals surface area contributed by atoms with Gasteiger partial charge in [0.1, 0.15) is 0 Å². The molecule has 1 unspecified atom stereocenters. The van der Waals surface area contributed by atoms with Crippen molar-refractivity contribution in [3.05, 3.63) is 18.4 Å². The molecule has 29 heavy (non-hydrogen) atoms. The lowest BCUT2D eigenvalue weighted by Gasteiger charge is -2.26. The molecule has 7 heteroatoms. The van der Waals surface area contributed by atoms with Crippen LogP contribution in [-0.4, -0.2) is 32.5 Å². The van der Waals surface area contributed by atoms with E-state index in [9.17, 15) is 4.79 Å². The van der Waals surface area contributed by atoms with Crippen molar-refractivity contribution in [3.63, 3.8) is 0 Å². The number of rotatable bonds is 7. The van der Waals surface area contributed by atoms with Crippen LogP contribution in [0, 0.1) is 5.92 Å². The van der Waals surface area contributed by atoms with Crippen LogP contribution in [0.15, 0.2) is 28.0 Å². The fourth-order valence-corrected chi connectivity index (χ4v) is 5.53. The summed E-state index contributed by atoms with van der Waals surface area (Å²) in [5, 5.41) is 12.7. The Balaban J connectivity index is 1.45. The van der Waals surface area contributed by atoms with Gasteiger partial charge in [0.2, 0.25) is 11.7 Å². The van der Waals surface area contributed by atoms with Crippen LogP contribution in [-0.2, 0) is 4.79 Å². The van der Waals surface area contributed by atoms with E-state index in [0.29, 0.717) is 12.0 Å². The molecule has 2 aromatic rings. The third-order valence-corrected chi connectivity index (χ3v) is 7.34. The Bertz CT molecular complexity index is 777. The van der Waals surface area contributed by atoms with E-state index in [2.05, 4.69) is 20.1 Å². The van der Waals surface area contributed by atoms with Gasteiger partial charge in [-0.3, -0.25) is 9.36 Å². The summed E-state index contributed by atoms with van der Waals surface area (Å²) in [4.78, 5) is 12.7. The van der Waals surface area contributed by atoms with Gasteiger partial charge >= 0.3 is 0 Å². The number of thioether (sulfide) groups is 1. The molecule has 0 spiro atoms. The number of hydrogen-bond acceptors (Lipinski definition) is 5. The Kier molecular flexibility index (Phi) is 6.95. The number of amides is 1. The average molecular weight is 417 g/mol. The van der Waals surface area contributed by atoms with Crippen molar-refractivity contribution < 1.29 is 9.21 Å². The van der Waals surface area contributed by atoms with E-state index in [1.165, 1.54) is 63.1 Å². The van der Waals surface area contributed by atoms with Crippen LogP contribution in [0.2, 0.25) is 0 Å². The van der Waals surface area contributed by atoms with Crippen molar-refractivity contribution >= 4 is 17.7 Å². The quantitative estimate of drug-likeness (QED) is 0.627. The summed E-state index contributed by atoms with van der Waals surface area (Å²) in [6.07, 6.45) is 14.1. The maximum atomic E-state index is 12.7. The molecule has 1 atom stereocenters. The second-order valence-electron chi connectivity index (χ2n) is 8.45. The molecule has 2 aliphatic carbocycles. The number of furan rings is 1. The molecular weight excluding hydrogens is 384 g/mol. The predicted molar refractivity (Wildman–Crippen MR) is 115 cm³/mol. The first-order chi connectivity index (χ1) is 14.2. The van der Waals surface area contributed by atoms with Crippen LogP contribution < -0.4 is 5.32 Å². The lowest BCUT2D eigenvalue weighted by molar-refractivity contribution is -0.120. The Morgan fingerprint density at radius 2 is 1.90 bits per heavy atom. The van der Waals surface area contributed by atoms with E-state index in [4.69, 9.17) is 4.42 Å². The topological polar surface area (TPSA) is 73.0 Å². The fraction of sp³-hybridized carbons (Fsp3) is 0.682. The van der Waals surface area contributed by atoms with Crippen molar-refractivity contribution in [2.24, 2.45) is 5.92 Å². The van der Waals surface area contributed by atoms with E-state index in [0.717, 1.165) is 36.1 Å². The molecule has 0 saturated heterocycles. The van der Waals surface area contributed by atoms with E-state index >= 15 is 0 Å². The highest BCUT2D eigenvalue weighted by Crippen LogP contribution is 2.36. The first-order valence-electron chi connectivity index (χ1n) is 11.2. The lowest BCUT2D eigenvalue weighted by Crippen LogP contribution is -2.35. The third kappa shape index (κ3) is 5.05. The fourth-order valence-electron chi connectivity index (χ4n) is 4.59. The van der Waals surface area contributed by atoms with Gasteiger partial charge in [0.25, 0.3) is 0 Å². The summed E-state index contributed by atoms with van der Waals surface area (Å²) < 4.78 is 7.83. The van der Waals surface area contributed by atoms with Crippen LogP contribution in [0.4, 0.5) is 0 Å². The van der Waals surface area contributed by atoms with Crippen molar-refractivity contribution in [2.45, 2.75) is 87.6 Å². The van der Waals surface area contributed by atoms with Crippen molar-refractivity contribution in [1.82, 2.24) is 20.1 Å². The van der Waals surface area contributed by atoms with Crippen molar-refractivity contribution in [2.75, 3.05) is 6.54 Å². The largest absolute Gasteiger partial charge is 0.461 e.